The molecule has 22 heavy (non-hydrogen) atoms. The highest BCUT2D eigenvalue weighted by Gasteiger charge is 2.13. The molecule has 1 amide bonds. The molecule has 0 radical (unpaired) electrons. The van der Waals surface area contributed by atoms with E-state index in [9.17, 15) is 18.0 Å². The lowest BCUT2D eigenvalue weighted by molar-refractivity contribution is -0.123. The highest BCUT2D eigenvalue weighted by atomic mass is 32.2. The number of rotatable bonds is 13. The number of hydrogen-bond acceptors (Lipinski definition) is 6. The smallest absolute Gasteiger partial charge is 0.278 e. The van der Waals surface area contributed by atoms with Crippen LogP contribution in [-0.4, -0.2) is 56.7 Å². The minimum Gasteiger partial charge on any atom is -0.355 e. The summed E-state index contributed by atoms with van der Waals surface area (Å²) in [5, 5.41) is 8.32. The number of nitrogens with one attached hydrogen (secondary N) is 3. The number of carbonyl (C=O) groups is 2. The third-order valence-electron chi connectivity index (χ3n) is 3.17. The van der Waals surface area contributed by atoms with Crippen molar-refractivity contribution in [3.63, 3.8) is 0 Å². The molecule has 0 aromatic rings. The number of carbonyl (C=O) groups excluding carboxylic acids is 2. The van der Waals surface area contributed by atoms with E-state index in [0.29, 0.717) is 39.0 Å². The molecular weight excluding hydrogens is 310 g/mol. The molecular formula is C13H27N3O5S. The molecule has 0 bridgehead atoms. The molecule has 8 nitrogen and oxygen atoms in total. The minimum absolute atomic E-state index is 0.0437. The van der Waals surface area contributed by atoms with Crippen molar-refractivity contribution in [3.8, 4) is 0 Å². The molecule has 1 atom stereocenters. The van der Waals surface area contributed by atoms with Gasteiger partial charge >= 0.3 is 0 Å². The van der Waals surface area contributed by atoms with Gasteiger partial charge in [-0.15, -0.1) is 0 Å². The molecule has 0 aliphatic heterocycles. The van der Waals surface area contributed by atoms with Crippen molar-refractivity contribution in [2.45, 2.75) is 33.1 Å². The van der Waals surface area contributed by atoms with Gasteiger partial charge in [0.15, 0.2) is 0 Å². The average Bonchev–Trinajstić information content (AvgIpc) is 2.40. The first-order valence-electron chi connectivity index (χ1n) is 7.40. The molecule has 0 spiro atoms. The van der Waals surface area contributed by atoms with Crippen LogP contribution in [0.2, 0.25) is 0 Å². The van der Waals surface area contributed by atoms with Crippen molar-refractivity contribution >= 4 is 21.8 Å². The van der Waals surface area contributed by atoms with E-state index in [1.165, 1.54) is 0 Å². The van der Waals surface area contributed by atoms with Crippen LogP contribution in [0.5, 0.6) is 0 Å². The quantitative estimate of drug-likeness (QED) is 0.264. The first-order valence-corrected chi connectivity index (χ1v) is 9.01. The van der Waals surface area contributed by atoms with Gasteiger partial charge in [-0.1, -0.05) is 6.92 Å². The number of ketones is 1. The van der Waals surface area contributed by atoms with Gasteiger partial charge in [-0.05, 0) is 19.8 Å². The second-order valence-corrected chi connectivity index (χ2v) is 6.53. The van der Waals surface area contributed by atoms with Crippen molar-refractivity contribution in [1.82, 2.24) is 16.0 Å². The molecule has 0 heterocycles. The summed E-state index contributed by atoms with van der Waals surface area (Å²) in [6.45, 7) is 5.42. The lowest BCUT2D eigenvalue weighted by Crippen LogP contribution is -2.36. The van der Waals surface area contributed by atoms with E-state index in [1.54, 1.807) is 6.92 Å². The molecule has 0 saturated heterocycles. The Hall–Kier alpha value is -1.03. The maximum atomic E-state index is 11.6. The first-order chi connectivity index (χ1) is 10.3. The van der Waals surface area contributed by atoms with Crippen LogP contribution >= 0.6 is 0 Å². The standard InChI is InChI=1S/C13H27N3O5S/c1-3-12(11(2)17)4-5-13(18)16-9-8-14-6-7-15-10-22(19,20)21/h12,14-15H,3-10H2,1-2H3,(H,16,18)(H,19,20,21). The van der Waals surface area contributed by atoms with E-state index in [0.717, 1.165) is 6.42 Å². The van der Waals surface area contributed by atoms with Gasteiger partial charge < -0.3 is 16.0 Å². The number of Topliss-reactive ketones (excluding diaryl/α,β-unsaturated/α-hetero) is 1. The van der Waals surface area contributed by atoms with E-state index >= 15 is 0 Å². The molecule has 0 rings (SSSR count). The van der Waals surface area contributed by atoms with Gasteiger partial charge in [-0.3, -0.25) is 14.1 Å². The summed E-state index contributed by atoms with van der Waals surface area (Å²) in [5.41, 5.74) is 0. The van der Waals surface area contributed by atoms with Crippen LogP contribution in [-0.2, 0) is 19.7 Å². The molecule has 1 unspecified atom stereocenters. The van der Waals surface area contributed by atoms with Crippen LogP contribution < -0.4 is 16.0 Å². The van der Waals surface area contributed by atoms with Gasteiger partial charge in [-0.25, -0.2) is 0 Å². The van der Waals surface area contributed by atoms with Crippen molar-refractivity contribution < 1.29 is 22.6 Å². The van der Waals surface area contributed by atoms with Crippen LogP contribution in [0.25, 0.3) is 0 Å². The normalized spacial score (nSPS) is 12.9. The van der Waals surface area contributed by atoms with Crippen molar-refractivity contribution in [2.75, 3.05) is 32.1 Å². The van der Waals surface area contributed by atoms with Crippen LogP contribution in [0.1, 0.15) is 33.1 Å². The Balaban J connectivity index is 3.51. The highest BCUT2D eigenvalue weighted by Crippen LogP contribution is 2.11. The van der Waals surface area contributed by atoms with E-state index in [-0.39, 0.29) is 17.6 Å². The SMILES string of the molecule is CCC(CCC(=O)NCCNCCNCS(=O)(=O)O)C(C)=O. The molecule has 9 heteroatoms. The Labute approximate surface area is 132 Å². The minimum atomic E-state index is -3.97. The lowest BCUT2D eigenvalue weighted by Gasteiger charge is -2.11. The third-order valence-corrected chi connectivity index (χ3v) is 3.74. The van der Waals surface area contributed by atoms with Gasteiger partial charge in [0.25, 0.3) is 10.1 Å². The van der Waals surface area contributed by atoms with Crippen LogP contribution in [0.15, 0.2) is 0 Å². The van der Waals surface area contributed by atoms with E-state index in [1.807, 2.05) is 6.92 Å². The Morgan fingerprint density at radius 1 is 1.09 bits per heavy atom. The topological polar surface area (TPSA) is 125 Å². The van der Waals surface area contributed by atoms with Crippen molar-refractivity contribution in [2.24, 2.45) is 5.92 Å². The highest BCUT2D eigenvalue weighted by molar-refractivity contribution is 7.85. The summed E-state index contributed by atoms with van der Waals surface area (Å²) in [6, 6.07) is 0. The zero-order valence-corrected chi connectivity index (χ0v) is 14.0. The van der Waals surface area contributed by atoms with Gasteiger partial charge in [0.1, 0.15) is 11.7 Å². The molecule has 130 valence electrons. The van der Waals surface area contributed by atoms with E-state index in [4.69, 9.17) is 4.55 Å². The lowest BCUT2D eigenvalue weighted by atomic mass is 9.96. The maximum absolute atomic E-state index is 11.6. The van der Waals surface area contributed by atoms with Crippen LogP contribution in [0.4, 0.5) is 0 Å². The third kappa shape index (κ3) is 12.7. The molecule has 4 N–H and O–H groups in total. The predicted molar refractivity (Wildman–Crippen MR) is 84.0 cm³/mol. The fourth-order valence-electron chi connectivity index (χ4n) is 1.88. The molecule has 0 aromatic heterocycles. The van der Waals surface area contributed by atoms with Gasteiger partial charge in [0.2, 0.25) is 5.91 Å². The van der Waals surface area contributed by atoms with Crippen molar-refractivity contribution in [3.05, 3.63) is 0 Å². The molecule has 0 aliphatic carbocycles. The number of hydrogen-bond donors (Lipinski definition) is 4. The van der Waals surface area contributed by atoms with E-state index < -0.39 is 16.0 Å². The summed E-state index contributed by atoms with van der Waals surface area (Å²) < 4.78 is 29.3. The van der Waals surface area contributed by atoms with Gasteiger partial charge in [-0.2, -0.15) is 8.42 Å². The first kappa shape index (κ1) is 21.0. The van der Waals surface area contributed by atoms with Gasteiger partial charge in [0, 0.05) is 38.5 Å². The monoisotopic (exact) mass is 337 g/mol. The zero-order chi connectivity index (χ0) is 17.0. The number of amides is 1. The largest absolute Gasteiger partial charge is 0.355 e. The summed E-state index contributed by atoms with van der Waals surface area (Å²) in [7, 11) is -3.97. The summed E-state index contributed by atoms with van der Waals surface area (Å²) >= 11 is 0. The summed E-state index contributed by atoms with van der Waals surface area (Å²) in [6.07, 6.45) is 1.67. The molecule has 0 aromatic carbocycles. The predicted octanol–water partition coefficient (Wildman–Crippen LogP) is -0.477. The Kier molecular flexibility index (Phi) is 11.0. The molecule has 0 aliphatic rings. The maximum Gasteiger partial charge on any atom is 0.278 e. The Morgan fingerprint density at radius 2 is 1.68 bits per heavy atom. The average molecular weight is 337 g/mol. The fraction of sp³-hybridized carbons (Fsp3) is 0.846. The van der Waals surface area contributed by atoms with Gasteiger partial charge in [0.05, 0.1) is 0 Å². The second kappa shape index (κ2) is 11.5. The summed E-state index contributed by atoms with van der Waals surface area (Å²) in [4.78, 5) is 22.8. The Morgan fingerprint density at radius 3 is 2.23 bits per heavy atom. The summed E-state index contributed by atoms with van der Waals surface area (Å²) in [5.74, 6) is -0.474. The van der Waals surface area contributed by atoms with Crippen molar-refractivity contribution in [1.29, 1.82) is 0 Å². The van der Waals surface area contributed by atoms with Crippen LogP contribution in [0, 0.1) is 5.92 Å². The van der Waals surface area contributed by atoms with Crippen LogP contribution in [0.3, 0.4) is 0 Å². The molecule has 0 saturated carbocycles. The fourth-order valence-corrected chi connectivity index (χ4v) is 2.28. The zero-order valence-electron chi connectivity index (χ0n) is 13.2. The second-order valence-electron chi connectivity index (χ2n) is 5.08. The molecule has 0 fully saturated rings. The van der Waals surface area contributed by atoms with E-state index in [2.05, 4.69) is 16.0 Å². The Bertz CT molecular complexity index is 439.